The Kier molecular flexibility index (Phi) is 36.7. The molecule has 0 bridgehead atoms. The minimum absolute atomic E-state index is 0.109. The molecule has 0 saturated heterocycles. The van der Waals surface area contributed by atoms with Gasteiger partial charge in [0.15, 0.2) is 11.9 Å². The normalized spacial score (nSPS) is 14.0. The minimum Gasteiger partial charge on any atom is -0.462 e. The van der Waals surface area contributed by atoms with Gasteiger partial charge >= 0.3 is 19.8 Å². The number of phosphoric acid groups is 1. The number of ketones is 1. The van der Waals surface area contributed by atoms with E-state index in [4.69, 9.17) is 19.1 Å². The van der Waals surface area contributed by atoms with Crippen molar-refractivity contribution in [2.75, 3.05) is 26.4 Å². The topological polar surface area (TPSA) is 166 Å². The molecular weight excluding hydrogens is 711 g/mol. The van der Waals surface area contributed by atoms with Gasteiger partial charge in [-0.05, 0) is 38.2 Å². The van der Waals surface area contributed by atoms with Crippen LogP contribution in [-0.4, -0.2) is 71.5 Å². The van der Waals surface area contributed by atoms with Crippen LogP contribution in [0.2, 0.25) is 0 Å². The van der Waals surface area contributed by atoms with Crippen LogP contribution in [0.1, 0.15) is 187 Å². The number of phosphoric ester groups is 1. The lowest BCUT2D eigenvalue weighted by molar-refractivity contribution is -0.161. The summed E-state index contributed by atoms with van der Waals surface area (Å²) in [6.07, 6.45) is 32.5. The summed E-state index contributed by atoms with van der Waals surface area (Å²) in [7, 11) is -4.64. The van der Waals surface area contributed by atoms with Gasteiger partial charge in [0.1, 0.15) is 12.7 Å². The van der Waals surface area contributed by atoms with Gasteiger partial charge in [-0.3, -0.25) is 23.4 Å². The fourth-order valence-electron chi connectivity index (χ4n) is 5.74. The maximum absolute atomic E-state index is 12.6. The summed E-state index contributed by atoms with van der Waals surface area (Å²) < 4.78 is 32.6. The van der Waals surface area contributed by atoms with Gasteiger partial charge in [0.25, 0.3) is 0 Å². The summed E-state index contributed by atoms with van der Waals surface area (Å²) in [5, 5.41) is 18.3. The van der Waals surface area contributed by atoms with Crippen LogP contribution >= 0.6 is 7.82 Å². The highest BCUT2D eigenvalue weighted by molar-refractivity contribution is 7.47. The van der Waals surface area contributed by atoms with Gasteiger partial charge in [0, 0.05) is 19.3 Å². The van der Waals surface area contributed by atoms with E-state index in [1.165, 1.54) is 89.9 Å². The van der Waals surface area contributed by atoms with Crippen molar-refractivity contribution in [3.8, 4) is 0 Å². The van der Waals surface area contributed by atoms with Gasteiger partial charge in [-0.15, -0.1) is 0 Å². The molecule has 11 nitrogen and oxygen atoms in total. The second-order valence-electron chi connectivity index (χ2n) is 14.4. The Morgan fingerprint density at radius 1 is 0.593 bits per heavy atom. The average molecular weight is 789 g/mol. The van der Waals surface area contributed by atoms with Crippen molar-refractivity contribution in [2.45, 2.75) is 199 Å². The number of carbonyl (C=O) groups excluding carboxylic acids is 3. The van der Waals surface area contributed by atoms with E-state index in [0.717, 1.165) is 51.4 Å². The summed E-state index contributed by atoms with van der Waals surface area (Å²) in [5.74, 6) is -0.902. The summed E-state index contributed by atoms with van der Waals surface area (Å²) in [5.41, 5.74) is 0. The van der Waals surface area contributed by atoms with E-state index in [1.54, 1.807) is 12.2 Å². The fourth-order valence-corrected chi connectivity index (χ4v) is 6.53. The van der Waals surface area contributed by atoms with Gasteiger partial charge in [-0.1, -0.05) is 154 Å². The predicted molar refractivity (Wildman–Crippen MR) is 215 cm³/mol. The number of carbonyl (C=O) groups is 3. The molecule has 0 spiro atoms. The maximum atomic E-state index is 12.6. The quantitative estimate of drug-likeness (QED) is 0.0178. The summed E-state index contributed by atoms with van der Waals surface area (Å²) in [4.78, 5) is 46.9. The molecule has 54 heavy (non-hydrogen) atoms. The summed E-state index contributed by atoms with van der Waals surface area (Å²) >= 11 is 0. The lowest BCUT2D eigenvalue weighted by Gasteiger charge is -2.20. The standard InChI is InChI=1S/C42H77O11P/c1-3-5-7-9-11-12-13-14-15-16-17-18-20-24-29-33-42(47)53-40(37-52-54(48,49)51-35-39(45)34-43)36-50-41(46)32-28-25-21-23-27-31-38(44)30-26-22-19-10-8-6-4-2/h19,22,26,30,39-40,43,45H,3-18,20-21,23-25,27-29,31-37H2,1-2H3,(H,48,49)/b22-19-,30-26+/t39-,40+/m0/s1. The van der Waals surface area contributed by atoms with Gasteiger partial charge in [-0.25, -0.2) is 4.57 Å². The van der Waals surface area contributed by atoms with Crippen molar-refractivity contribution in [1.82, 2.24) is 0 Å². The van der Waals surface area contributed by atoms with E-state index in [2.05, 4.69) is 24.4 Å². The molecule has 0 heterocycles. The number of unbranched alkanes of at least 4 members (excludes halogenated alkanes) is 21. The first-order chi connectivity index (χ1) is 26.1. The maximum Gasteiger partial charge on any atom is 0.472 e. The zero-order valence-electron chi connectivity index (χ0n) is 33.9. The van der Waals surface area contributed by atoms with Gasteiger partial charge in [0.05, 0.1) is 19.8 Å². The molecule has 0 rings (SSSR count). The lowest BCUT2D eigenvalue weighted by Crippen LogP contribution is -2.29. The van der Waals surface area contributed by atoms with Crippen LogP contribution in [0.5, 0.6) is 0 Å². The van der Waals surface area contributed by atoms with Gasteiger partial charge in [-0.2, -0.15) is 0 Å². The number of hydrogen-bond acceptors (Lipinski definition) is 10. The van der Waals surface area contributed by atoms with Crippen LogP contribution in [0.3, 0.4) is 0 Å². The first kappa shape index (κ1) is 52.1. The number of ether oxygens (including phenoxy) is 2. The molecule has 0 aliphatic rings. The second kappa shape index (κ2) is 38.0. The van der Waals surface area contributed by atoms with Crippen molar-refractivity contribution in [3.05, 3.63) is 24.3 Å². The molecule has 0 fully saturated rings. The summed E-state index contributed by atoms with van der Waals surface area (Å²) in [6.45, 7) is 2.20. The average Bonchev–Trinajstić information content (AvgIpc) is 3.15. The molecule has 0 aromatic rings. The van der Waals surface area contributed by atoms with E-state index in [9.17, 15) is 28.9 Å². The predicted octanol–water partition coefficient (Wildman–Crippen LogP) is 10.2. The smallest absolute Gasteiger partial charge is 0.462 e. The monoisotopic (exact) mass is 789 g/mol. The molecule has 0 aliphatic carbocycles. The molecule has 3 N–H and O–H groups in total. The van der Waals surface area contributed by atoms with Crippen molar-refractivity contribution >= 4 is 25.5 Å². The minimum atomic E-state index is -4.64. The van der Waals surface area contributed by atoms with E-state index in [-0.39, 0.29) is 25.2 Å². The number of aliphatic hydroxyl groups is 2. The third-order valence-corrected chi connectivity index (χ3v) is 10.0. The molecule has 0 saturated carbocycles. The molecule has 0 aliphatic heterocycles. The van der Waals surface area contributed by atoms with Crippen LogP contribution in [0, 0.1) is 0 Å². The zero-order chi connectivity index (χ0) is 40.0. The zero-order valence-corrected chi connectivity index (χ0v) is 34.8. The molecule has 1 unspecified atom stereocenters. The van der Waals surface area contributed by atoms with E-state index in [0.29, 0.717) is 19.3 Å². The Balaban J connectivity index is 4.37. The Hall–Kier alpha value is -1.88. The second-order valence-corrected chi connectivity index (χ2v) is 15.9. The van der Waals surface area contributed by atoms with E-state index < -0.39 is 51.8 Å². The Morgan fingerprint density at radius 3 is 1.59 bits per heavy atom. The third kappa shape index (κ3) is 37.1. The van der Waals surface area contributed by atoms with Crippen LogP contribution < -0.4 is 0 Å². The Labute approximate surface area is 327 Å². The number of rotatable bonds is 40. The molecule has 0 radical (unpaired) electrons. The first-order valence-corrected chi connectivity index (χ1v) is 22.7. The van der Waals surface area contributed by atoms with Crippen molar-refractivity contribution < 1.29 is 52.6 Å². The number of aliphatic hydroxyl groups excluding tert-OH is 2. The van der Waals surface area contributed by atoms with Crippen LogP contribution in [-0.2, 0) is 37.5 Å². The molecule has 0 amide bonds. The number of allylic oxidation sites excluding steroid dienone is 4. The SMILES string of the molecule is CCCCC/C=C\C=C\C(=O)CCCCCCCC(=O)OC[C@H](COP(=O)(O)OC[C@@H](O)CO)OC(=O)CCCCCCCCCCCCCCCCC. The van der Waals surface area contributed by atoms with Gasteiger partial charge in [0.2, 0.25) is 0 Å². The van der Waals surface area contributed by atoms with Crippen LogP contribution in [0.15, 0.2) is 24.3 Å². The number of esters is 2. The molecular formula is C42H77O11P. The fraction of sp³-hybridized carbons (Fsp3) is 0.833. The van der Waals surface area contributed by atoms with Crippen molar-refractivity contribution in [3.63, 3.8) is 0 Å². The Bertz CT molecular complexity index is 1020. The highest BCUT2D eigenvalue weighted by atomic mass is 31.2. The van der Waals surface area contributed by atoms with Crippen LogP contribution in [0.25, 0.3) is 0 Å². The molecule has 12 heteroatoms. The molecule has 0 aromatic carbocycles. The van der Waals surface area contributed by atoms with Crippen molar-refractivity contribution in [2.24, 2.45) is 0 Å². The first-order valence-electron chi connectivity index (χ1n) is 21.2. The third-order valence-electron chi connectivity index (χ3n) is 9.08. The van der Waals surface area contributed by atoms with Crippen LogP contribution in [0.4, 0.5) is 0 Å². The molecule has 3 atom stereocenters. The highest BCUT2D eigenvalue weighted by Crippen LogP contribution is 2.43. The lowest BCUT2D eigenvalue weighted by atomic mass is 10.0. The molecule has 316 valence electrons. The highest BCUT2D eigenvalue weighted by Gasteiger charge is 2.27. The molecule has 0 aromatic heterocycles. The van der Waals surface area contributed by atoms with E-state index >= 15 is 0 Å². The Morgan fingerprint density at radius 2 is 1.06 bits per heavy atom. The largest absolute Gasteiger partial charge is 0.472 e. The van der Waals surface area contributed by atoms with Gasteiger partial charge < -0.3 is 24.6 Å². The van der Waals surface area contributed by atoms with E-state index in [1.807, 2.05) is 6.08 Å². The van der Waals surface area contributed by atoms with Crippen molar-refractivity contribution in [1.29, 1.82) is 0 Å². The number of hydrogen-bond donors (Lipinski definition) is 3. The summed E-state index contributed by atoms with van der Waals surface area (Å²) in [6, 6.07) is 0.